The number of carbonyl (C=O) groups excluding carboxylic acids is 2. The molecule has 0 aromatic carbocycles. The van der Waals surface area contributed by atoms with E-state index in [0.29, 0.717) is 23.8 Å². The standard InChI is InChI=1S/C21H27N3O4/c1-20(2,27)11-18(25)24-7-4-21(5-8-24)10-15(21)12-23-19(26)16-9-14-3-6-22-13-17(14)28-16/h3,6,9,13,15,27H,4-5,7-8,10-12H2,1-2H3,(H,23,26). The summed E-state index contributed by atoms with van der Waals surface area (Å²) >= 11 is 0. The maximum atomic E-state index is 12.4. The highest BCUT2D eigenvalue weighted by Gasteiger charge is 2.54. The minimum atomic E-state index is -0.967. The van der Waals surface area contributed by atoms with Gasteiger partial charge in [0.25, 0.3) is 5.91 Å². The number of nitrogens with one attached hydrogen (secondary N) is 1. The third kappa shape index (κ3) is 3.90. The lowest BCUT2D eigenvalue weighted by Crippen LogP contribution is -2.42. The summed E-state index contributed by atoms with van der Waals surface area (Å²) in [4.78, 5) is 30.5. The Kier molecular flexibility index (Phi) is 4.65. The molecular weight excluding hydrogens is 358 g/mol. The summed E-state index contributed by atoms with van der Waals surface area (Å²) in [7, 11) is 0. The van der Waals surface area contributed by atoms with Crippen molar-refractivity contribution in [3.05, 3.63) is 30.3 Å². The smallest absolute Gasteiger partial charge is 0.287 e. The monoisotopic (exact) mass is 385 g/mol. The third-order valence-corrected chi connectivity index (χ3v) is 6.11. The second kappa shape index (κ2) is 6.88. The van der Waals surface area contributed by atoms with Crippen molar-refractivity contribution in [2.75, 3.05) is 19.6 Å². The molecule has 1 saturated carbocycles. The number of hydrogen-bond acceptors (Lipinski definition) is 5. The number of rotatable bonds is 5. The van der Waals surface area contributed by atoms with E-state index >= 15 is 0 Å². The van der Waals surface area contributed by atoms with Crippen molar-refractivity contribution in [3.8, 4) is 0 Å². The summed E-state index contributed by atoms with van der Waals surface area (Å²) in [5.41, 5.74) is -0.110. The quantitative estimate of drug-likeness (QED) is 0.824. The minimum Gasteiger partial charge on any atom is -0.449 e. The van der Waals surface area contributed by atoms with Crippen molar-refractivity contribution in [2.24, 2.45) is 11.3 Å². The van der Waals surface area contributed by atoms with E-state index in [1.165, 1.54) is 0 Å². The normalized spacial score (nSPS) is 21.1. The predicted octanol–water partition coefficient (Wildman–Crippen LogP) is 2.35. The van der Waals surface area contributed by atoms with Gasteiger partial charge in [0.2, 0.25) is 5.91 Å². The van der Waals surface area contributed by atoms with Gasteiger partial charge in [-0.15, -0.1) is 0 Å². The first-order valence-electron chi connectivity index (χ1n) is 9.88. The van der Waals surface area contributed by atoms with Crippen LogP contribution >= 0.6 is 0 Å². The minimum absolute atomic E-state index is 0.0206. The maximum absolute atomic E-state index is 12.4. The summed E-state index contributed by atoms with van der Waals surface area (Å²) < 4.78 is 5.56. The molecule has 2 aromatic rings. The Hall–Kier alpha value is -2.41. The van der Waals surface area contributed by atoms with Crippen LogP contribution in [0.1, 0.15) is 50.1 Å². The van der Waals surface area contributed by atoms with Gasteiger partial charge in [-0.1, -0.05) is 0 Å². The van der Waals surface area contributed by atoms with E-state index in [1.54, 1.807) is 32.3 Å². The highest BCUT2D eigenvalue weighted by atomic mass is 16.3. The number of furan rings is 1. The molecule has 1 atom stereocenters. The largest absolute Gasteiger partial charge is 0.449 e. The number of piperidine rings is 1. The lowest BCUT2D eigenvalue weighted by atomic mass is 9.90. The third-order valence-electron chi connectivity index (χ3n) is 6.11. The van der Waals surface area contributed by atoms with Gasteiger partial charge >= 0.3 is 0 Å². The average molecular weight is 385 g/mol. The van der Waals surface area contributed by atoms with Gasteiger partial charge in [-0.3, -0.25) is 14.6 Å². The predicted molar refractivity (Wildman–Crippen MR) is 104 cm³/mol. The van der Waals surface area contributed by atoms with Crippen LogP contribution < -0.4 is 5.32 Å². The van der Waals surface area contributed by atoms with Crippen LogP contribution in [0.25, 0.3) is 11.0 Å². The number of fused-ring (bicyclic) bond motifs is 1. The molecule has 2 fully saturated rings. The van der Waals surface area contributed by atoms with Crippen molar-refractivity contribution in [2.45, 2.75) is 45.1 Å². The fraction of sp³-hybridized carbons (Fsp3) is 0.571. The van der Waals surface area contributed by atoms with Gasteiger partial charge in [-0.05, 0) is 56.6 Å². The Bertz CT molecular complexity index is 857. The van der Waals surface area contributed by atoms with Crippen molar-refractivity contribution in [1.82, 2.24) is 15.2 Å². The highest BCUT2D eigenvalue weighted by molar-refractivity contribution is 5.95. The molecule has 28 heavy (non-hydrogen) atoms. The topological polar surface area (TPSA) is 95.7 Å². The van der Waals surface area contributed by atoms with Crippen LogP contribution in [-0.4, -0.2) is 52.0 Å². The van der Waals surface area contributed by atoms with Gasteiger partial charge in [0.1, 0.15) is 0 Å². The lowest BCUT2D eigenvalue weighted by molar-refractivity contribution is -0.136. The summed E-state index contributed by atoms with van der Waals surface area (Å²) in [6, 6.07) is 3.56. The zero-order valence-corrected chi connectivity index (χ0v) is 16.4. The molecule has 2 aromatic heterocycles. The molecule has 2 aliphatic rings. The van der Waals surface area contributed by atoms with Crippen LogP contribution in [0.5, 0.6) is 0 Å². The van der Waals surface area contributed by atoms with Crippen molar-refractivity contribution >= 4 is 22.8 Å². The summed E-state index contributed by atoms with van der Waals surface area (Å²) in [6.45, 7) is 5.42. The molecule has 4 rings (SSSR count). The van der Waals surface area contributed by atoms with Gasteiger partial charge in [0.15, 0.2) is 11.3 Å². The zero-order chi connectivity index (χ0) is 19.9. The van der Waals surface area contributed by atoms with Crippen LogP contribution in [0.3, 0.4) is 0 Å². The number of likely N-dealkylation sites (tertiary alicyclic amines) is 1. The van der Waals surface area contributed by atoms with Crippen LogP contribution in [0.4, 0.5) is 0 Å². The molecule has 2 amide bonds. The lowest BCUT2D eigenvalue weighted by Gasteiger charge is -2.34. The van der Waals surface area contributed by atoms with E-state index in [1.807, 2.05) is 11.0 Å². The van der Waals surface area contributed by atoms with Crippen LogP contribution in [0.2, 0.25) is 0 Å². The highest BCUT2D eigenvalue weighted by Crippen LogP contribution is 2.59. The molecule has 1 aliphatic carbocycles. The Labute approximate surface area is 164 Å². The number of nitrogens with zero attached hydrogens (tertiary/aromatic N) is 2. The number of carbonyl (C=O) groups is 2. The maximum Gasteiger partial charge on any atom is 0.287 e. The summed E-state index contributed by atoms with van der Waals surface area (Å²) in [6.07, 6.45) is 6.45. The van der Waals surface area contributed by atoms with Crippen molar-refractivity contribution in [1.29, 1.82) is 0 Å². The second-order valence-electron chi connectivity index (χ2n) is 8.87. The van der Waals surface area contributed by atoms with E-state index in [2.05, 4.69) is 10.3 Å². The molecule has 150 valence electrons. The van der Waals surface area contributed by atoms with E-state index in [4.69, 9.17) is 4.42 Å². The van der Waals surface area contributed by atoms with Crippen LogP contribution in [0, 0.1) is 11.3 Å². The number of pyridine rings is 1. The molecule has 1 spiro atoms. The Morgan fingerprint density at radius 2 is 2.14 bits per heavy atom. The molecule has 7 heteroatoms. The second-order valence-corrected chi connectivity index (χ2v) is 8.87. The molecule has 1 aliphatic heterocycles. The van der Waals surface area contributed by atoms with Gasteiger partial charge < -0.3 is 19.7 Å². The Morgan fingerprint density at radius 3 is 2.82 bits per heavy atom. The Balaban J connectivity index is 1.26. The van der Waals surface area contributed by atoms with Gasteiger partial charge in [-0.25, -0.2) is 0 Å². The number of aromatic nitrogens is 1. The van der Waals surface area contributed by atoms with Crippen molar-refractivity contribution < 1.29 is 19.1 Å². The van der Waals surface area contributed by atoms with E-state index < -0.39 is 5.60 Å². The van der Waals surface area contributed by atoms with E-state index in [9.17, 15) is 14.7 Å². The molecule has 1 unspecified atom stereocenters. The molecule has 0 radical (unpaired) electrons. The number of amides is 2. The Morgan fingerprint density at radius 1 is 1.39 bits per heavy atom. The fourth-order valence-corrected chi connectivity index (χ4v) is 4.32. The first-order chi connectivity index (χ1) is 13.3. The molecule has 3 heterocycles. The number of hydrogen-bond donors (Lipinski definition) is 2. The molecular formula is C21H27N3O4. The SMILES string of the molecule is CC(C)(O)CC(=O)N1CCC2(CC1)CC2CNC(=O)c1cc2ccncc2o1. The average Bonchev–Trinajstić information content (AvgIpc) is 3.11. The molecule has 0 bridgehead atoms. The van der Waals surface area contributed by atoms with Gasteiger partial charge in [0, 0.05) is 31.2 Å². The summed E-state index contributed by atoms with van der Waals surface area (Å²) in [5.74, 6) is 0.585. The van der Waals surface area contributed by atoms with Crippen LogP contribution in [-0.2, 0) is 4.79 Å². The zero-order valence-electron chi connectivity index (χ0n) is 16.4. The first kappa shape index (κ1) is 18.9. The molecule has 7 nitrogen and oxygen atoms in total. The molecule has 1 saturated heterocycles. The first-order valence-corrected chi connectivity index (χ1v) is 9.88. The van der Waals surface area contributed by atoms with E-state index in [0.717, 1.165) is 37.7 Å². The summed E-state index contributed by atoms with van der Waals surface area (Å²) in [5, 5.41) is 13.7. The van der Waals surface area contributed by atoms with E-state index in [-0.39, 0.29) is 23.7 Å². The van der Waals surface area contributed by atoms with Gasteiger partial charge in [-0.2, -0.15) is 0 Å². The van der Waals surface area contributed by atoms with Crippen LogP contribution in [0.15, 0.2) is 28.9 Å². The number of aliphatic hydroxyl groups is 1. The van der Waals surface area contributed by atoms with Gasteiger partial charge in [0.05, 0.1) is 18.2 Å². The molecule has 2 N–H and O–H groups in total. The fourth-order valence-electron chi connectivity index (χ4n) is 4.32. The van der Waals surface area contributed by atoms with Crippen molar-refractivity contribution in [3.63, 3.8) is 0 Å².